The summed E-state index contributed by atoms with van der Waals surface area (Å²) in [5, 5.41) is 5.81. The van der Waals surface area contributed by atoms with Crippen LogP contribution in [-0.2, 0) is 12.8 Å². The predicted molar refractivity (Wildman–Crippen MR) is 98.2 cm³/mol. The third-order valence-electron chi connectivity index (χ3n) is 4.51. The third-order valence-corrected chi connectivity index (χ3v) is 4.51. The molecule has 2 N–H and O–H groups in total. The molecule has 0 saturated heterocycles. The van der Waals surface area contributed by atoms with E-state index in [1.54, 1.807) is 36.4 Å². The largest absolute Gasteiger partial charge is 0.459 e. The van der Waals surface area contributed by atoms with Crippen molar-refractivity contribution in [2.75, 3.05) is 5.32 Å². The standard InChI is InChI=1S/C21H18N2O3/c24-20(23-18-11-14-5-1-2-6-15(14)12-18)16-7-3-8-17(13-16)22-21(25)19-9-4-10-26-19/h1-10,13,18H,11-12H2,(H,22,25)(H,23,24). The maximum absolute atomic E-state index is 12.6. The van der Waals surface area contributed by atoms with Gasteiger partial charge in [0.2, 0.25) is 0 Å². The lowest BCUT2D eigenvalue weighted by molar-refractivity contribution is 0.0937. The van der Waals surface area contributed by atoms with Crippen molar-refractivity contribution in [1.82, 2.24) is 5.32 Å². The van der Waals surface area contributed by atoms with Crippen molar-refractivity contribution in [1.29, 1.82) is 0 Å². The number of amides is 2. The van der Waals surface area contributed by atoms with Gasteiger partial charge in [-0.1, -0.05) is 30.3 Å². The summed E-state index contributed by atoms with van der Waals surface area (Å²) in [7, 11) is 0. The molecule has 0 radical (unpaired) electrons. The van der Waals surface area contributed by atoms with Gasteiger partial charge < -0.3 is 15.1 Å². The number of fused-ring (bicyclic) bond motifs is 1. The summed E-state index contributed by atoms with van der Waals surface area (Å²) in [4.78, 5) is 24.6. The highest BCUT2D eigenvalue weighted by molar-refractivity contribution is 6.03. The van der Waals surface area contributed by atoms with Crippen molar-refractivity contribution in [3.8, 4) is 0 Å². The van der Waals surface area contributed by atoms with Gasteiger partial charge in [0.15, 0.2) is 5.76 Å². The molecule has 5 heteroatoms. The first-order valence-electron chi connectivity index (χ1n) is 8.51. The minimum Gasteiger partial charge on any atom is -0.459 e. The minimum absolute atomic E-state index is 0.0984. The van der Waals surface area contributed by atoms with Gasteiger partial charge in [-0.25, -0.2) is 0 Å². The maximum atomic E-state index is 12.6. The lowest BCUT2D eigenvalue weighted by Crippen LogP contribution is -2.35. The number of carbonyl (C=O) groups is 2. The topological polar surface area (TPSA) is 71.3 Å². The average molecular weight is 346 g/mol. The monoisotopic (exact) mass is 346 g/mol. The normalized spacial score (nSPS) is 13.2. The summed E-state index contributed by atoms with van der Waals surface area (Å²) >= 11 is 0. The van der Waals surface area contributed by atoms with Crippen LogP contribution in [0.3, 0.4) is 0 Å². The van der Waals surface area contributed by atoms with Gasteiger partial charge in [-0.15, -0.1) is 0 Å². The quantitative estimate of drug-likeness (QED) is 0.760. The van der Waals surface area contributed by atoms with Crippen LogP contribution in [-0.4, -0.2) is 17.9 Å². The van der Waals surface area contributed by atoms with Crippen LogP contribution in [0.25, 0.3) is 0 Å². The lowest BCUT2D eigenvalue weighted by atomic mass is 10.1. The molecule has 26 heavy (non-hydrogen) atoms. The summed E-state index contributed by atoms with van der Waals surface area (Å²) in [6.07, 6.45) is 3.13. The molecule has 0 spiro atoms. The number of hydrogen-bond donors (Lipinski definition) is 2. The van der Waals surface area contributed by atoms with Crippen molar-refractivity contribution in [3.63, 3.8) is 0 Å². The van der Waals surface area contributed by atoms with Crippen molar-refractivity contribution >= 4 is 17.5 Å². The van der Waals surface area contributed by atoms with Crippen LogP contribution < -0.4 is 10.6 Å². The Bertz CT molecular complexity index is 922. The highest BCUT2D eigenvalue weighted by atomic mass is 16.3. The summed E-state index contributed by atoms with van der Waals surface area (Å²) in [5.41, 5.74) is 3.64. The molecule has 0 aliphatic heterocycles. The Labute approximate surface area is 151 Å². The second-order valence-electron chi connectivity index (χ2n) is 6.36. The Kier molecular flexibility index (Phi) is 4.27. The number of hydrogen-bond acceptors (Lipinski definition) is 3. The van der Waals surface area contributed by atoms with Crippen LogP contribution in [0.2, 0.25) is 0 Å². The predicted octanol–water partition coefficient (Wildman–Crippen LogP) is 3.43. The first kappa shape index (κ1) is 16.1. The summed E-state index contributed by atoms with van der Waals surface area (Å²) in [5.74, 6) is -0.265. The van der Waals surface area contributed by atoms with Crippen molar-refractivity contribution in [2.24, 2.45) is 0 Å². The Morgan fingerprint density at radius 2 is 1.65 bits per heavy atom. The summed E-state index contributed by atoms with van der Waals surface area (Å²) in [6, 6.07) is 18.5. The van der Waals surface area contributed by atoms with E-state index in [-0.39, 0.29) is 23.6 Å². The van der Waals surface area contributed by atoms with E-state index in [0.717, 1.165) is 12.8 Å². The number of carbonyl (C=O) groups excluding carboxylic acids is 2. The molecular weight excluding hydrogens is 328 g/mol. The summed E-state index contributed by atoms with van der Waals surface area (Å²) < 4.78 is 5.07. The second kappa shape index (κ2) is 6.88. The molecule has 0 atom stereocenters. The van der Waals surface area contributed by atoms with Gasteiger partial charge in [0, 0.05) is 17.3 Å². The Morgan fingerprint density at radius 3 is 2.35 bits per heavy atom. The first-order valence-corrected chi connectivity index (χ1v) is 8.51. The second-order valence-corrected chi connectivity index (χ2v) is 6.36. The van der Waals surface area contributed by atoms with Gasteiger partial charge in [0.1, 0.15) is 0 Å². The highest BCUT2D eigenvalue weighted by Gasteiger charge is 2.23. The molecule has 1 aliphatic rings. The van der Waals surface area contributed by atoms with Crippen LogP contribution in [0.4, 0.5) is 5.69 Å². The fourth-order valence-corrected chi connectivity index (χ4v) is 3.27. The Morgan fingerprint density at radius 1 is 0.885 bits per heavy atom. The van der Waals surface area contributed by atoms with E-state index in [0.29, 0.717) is 11.3 Å². The van der Waals surface area contributed by atoms with E-state index < -0.39 is 0 Å². The number of anilines is 1. The van der Waals surface area contributed by atoms with Gasteiger partial charge in [-0.05, 0) is 54.3 Å². The number of rotatable bonds is 4. The van der Waals surface area contributed by atoms with Crippen LogP contribution in [0.15, 0.2) is 71.3 Å². The van der Waals surface area contributed by atoms with Gasteiger partial charge in [-0.2, -0.15) is 0 Å². The molecule has 1 aliphatic carbocycles. The Hall–Kier alpha value is -3.34. The van der Waals surface area contributed by atoms with E-state index in [2.05, 4.69) is 22.8 Å². The molecule has 3 aromatic rings. The minimum atomic E-state index is -0.348. The van der Waals surface area contributed by atoms with Crippen molar-refractivity contribution in [3.05, 3.63) is 89.4 Å². The molecule has 130 valence electrons. The van der Waals surface area contributed by atoms with Crippen LogP contribution in [0, 0.1) is 0 Å². The molecule has 0 bridgehead atoms. The molecule has 1 heterocycles. The van der Waals surface area contributed by atoms with Crippen molar-refractivity contribution < 1.29 is 14.0 Å². The maximum Gasteiger partial charge on any atom is 0.291 e. The smallest absolute Gasteiger partial charge is 0.291 e. The fraction of sp³-hybridized carbons (Fsp3) is 0.143. The van der Waals surface area contributed by atoms with Crippen LogP contribution >= 0.6 is 0 Å². The van der Waals surface area contributed by atoms with E-state index in [1.165, 1.54) is 17.4 Å². The lowest BCUT2D eigenvalue weighted by Gasteiger charge is -2.13. The van der Waals surface area contributed by atoms with Crippen molar-refractivity contribution in [2.45, 2.75) is 18.9 Å². The van der Waals surface area contributed by atoms with E-state index in [9.17, 15) is 9.59 Å². The molecule has 0 fully saturated rings. The number of furan rings is 1. The SMILES string of the molecule is O=C(NC1Cc2ccccc2C1)c1cccc(NC(=O)c2ccco2)c1. The van der Waals surface area contributed by atoms with E-state index in [1.807, 2.05) is 12.1 Å². The van der Waals surface area contributed by atoms with Gasteiger partial charge >= 0.3 is 0 Å². The van der Waals surface area contributed by atoms with E-state index >= 15 is 0 Å². The molecule has 1 aromatic heterocycles. The zero-order valence-electron chi connectivity index (χ0n) is 14.1. The Balaban J connectivity index is 1.42. The molecule has 0 unspecified atom stereocenters. The first-order chi connectivity index (χ1) is 12.7. The molecule has 5 nitrogen and oxygen atoms in total. The molecule has 4 rings (SSSR count). The summed E-state index contributed by atoms with van der Waals surface area (Å²) in [6.45, 7) is 0. The van der Waals surface area contributed by atoms with Gasteiger partial charge in [-0.3, -0.25) is 9.59 Å². The van der Waals surface area contributed by atoms with Gasteiger partial charge in [0.05, 0.1) is 6.26 Å². The fourth-order valence-electron chi connectivity index (χ4n) is 3.27. The van der Waals surface area contributed by atoms with E-state index in [4.69, 9.17) is 4.42 Å². The zero-order valence-corrected chi connectivity index (χ0v) is 14.1. The van der Waals surface area contributed by atoms with Crippen LogP contribution in [0.5, 0.6) is 0 Å². The number of nitrogens with one attached hydrogen (secondary N) is 2. The third kappa shape index (κ3) is 3.37. The molecule has 0 saturated carbocycles. The van der Waals surface area contributed by atoms with Crippen LogP contribution in [0.1, 0.15) is 32.0 Å². The number of benzene rings is 2. The average Bonchev–Trinajstić information content (AvgIpc) is 3.31. The molecule has 2 amide bonds. The highest BCUT2D eigenvalue weighted by Crippen LogP contribution is 2.22. The zero-order chi connectivity index (χ0) is 17.9. The molecule has 2 aromatic carbocycles. The molecular formula is C21H18N2O3. The van der Waals surface area contributed by atoms with Gasteiger partial charge in [0.25, 0.3) is 11.8 Å².